The highest BCUT2D eigenvalue weighted by atomic mass is 16.4. The van der Waals surface area contributed by atoms with Gasteiger partial charge >= 0.3 is 0 Å². The number of aromatic hydroxyl groups is 1. The van der Waals surface area contributed by atoms with Gasteiger partial charge in [0.05, 0.1) is 13.2 Å². The number of hydrogen-bond acceptors (Lipinski definition) is 4. The molecule has 0 saturated heterocycles. The number of aryl methyl sites for hydroxylation is 1. The average molecular weight is 228 g/mol. The van der Waals surface area contributed by atoms with Crippen molar-refractivity contribution in [3.05, 3.63) is 28.8 Å². The summed E-state index contributed by atoms with van der Waals surface area (Å²) in [5.74, 6) is -0.799. The third kappa shape index (κ3) is 4.29. The fraction of sp³-hybridized carbons (Fsp3) is 0.364. The zero-order chi connectivity index (χ0) is 12.7. The molecule has 0 aliphatic heterocycles. The summed E-state index contributed by atoms with van der Waals surface area (Å²) in [5, 5.41) is 34.5. The van der Waals surface area contributed by atoms with Gasteiger partial charge in [0.15, 0.2) is 0 Å². The van der Waals surface area contributed by atoms with Crippen LogP contribution in [-0.2, 0) is 18.0 Å². The fourth-order valence-corrected chi connectivity index (χ4v) is 1.19. The van der Waals surface area contributed by atoms with E-state index in [0.717, 1.165) is 12.5 Å². The molecule has 0 aliphatic carbocycles. The van der Waals surface area contributed by atoms with Gasteiger partial charge in [0.1, 0.15) is 5.75 Å². The fourth-order valence-electron chi connectivity index (χ4n) is 1.19. The lowest BCUT2D eigenvalue weighted by Gasteiger charge is -2.09. The number of rotatable bonds is 2. The van der Waals surface area contributed by atoms with Gasteiger partial charge in [0.2, 0.25) is 0 Å². The summed E-state index contributed by atoms with van der Waals surface area (Å²) in [4.78, 5) is 9.00. The Balaban J connectivity index is 0.000000487. The van der Waals surface area contributed by atoms with Crippen LogP contribution in [0.1, 0.15) is 23.6 Å². The number of aliphatic hydroxyl groups is 2. The van der Waals surface area contributed by atoms with Crippen LogP contribution in [0.2, 0.25) is 0 Å². The van der Waals surface area contributed by atoms with Crippen LogP contribution in [0.3, 0.4) is 0 Å². The van der Waals surface area contributed by atoms with Crippen molar-refractivity contribution in [1.29, 1.82) is 0 Å². The molecule has 1 rings (SSSR count). The van der Waals surface area contributed by atoms with E-state index in [9.17, 15) is 5.11 Å². The minimum atomic E-state index is -0.833. The number of hydrogen-bond donors (Lipinski definition) is 4. The third-order valence-corrected chi connectivity index (χ3v) is 1.96. The number of carboxylic acid groups (broad SMARTS) is 1. The normalized spacial score (nSPS) is 9.25. The molecule has 5 nitrogen and oxygen atoms in total. The largest absolute Gasteiger partial charge is 0.508 e. The van der Waals surface area contributed by atoms with Gasteiger partial charge in [-0.2, -0.15) is 0 Å². The summed E-state index contributed by atoms with van der Waals surface area (Å²) < 4.78 is 0. The van der Waals surface area contributed by atoms with E-state index in [-0.39, 0.29) is 19.0 Å². The van der Waals surface area contributed by atoms with Crippen LogP contribution < -0.4 is 0 Å². The van der Waals surface area contributed by atoms with Gasteiger partial charge in [-0.3, -0.25) is 4.79 Å². The van der Waals surface area contributed by atoms with E-state index in [1.54, 1.807) is 6.07 Å². The summed E-state index contributed by atoms with van der Waals surface area (Å²) in [6, 6.07) is 3.22. The summed E-state index contributed by atoms with van der Waals surface area (Å²) in [6.45, 7) is 2.50. The molecular weight excluding hydrogens is 212 g/mol. The zero-order valence-corrected chi connectivity index (χ0v) is 9.27. The molecule has 0 unspecified atom stereocenters. The maximum atomic E-state index is 9.28. The van der Waals surface area contributed by atoms with E-state index in [1.165, 1.54) is 6.07 Å². The SMILES string of the molecule is CC(=O)O.Cc1ccc(O)c(CO)c1CO. The molecule has 1 aromatic carbocycles. The predicted molar refractivity (Wildman–Crippen MR) is 58.0 cm³/mol. The van der Waals surface area contributed by atoms with Gasteiger partial charge in [0, 0.05) is 12.5 Å². The number of aliphatic hydroxyl groups excluding tert-OH is 2. The molecule has 0 atom stereocenters. The predicted octanol–water partition coefficient (Wildman–Crippen LogP) is 0.776. The van der Waals surface area contributed by atoms with Gasteiger partial charge in [-0.05, 0) is 24.1 Å². The van der Waals surface area contributed by atoms with Crippen molar-refractivity contribution in [3.8, 4) is 5.75 Å². The first-order valence-electron chi connectivity index (χ1n) is 4.65. The lowest BCUT2D eigenvalue weighted by Crippen LogP contribution is -1.97. The van der Waals surface area contributed by atoms with Crippen molar-refractivity contribution >= 4 is 5.97 Å². The first-order chi connectivity index (χ1) is 7.43. The summed E-state index contributed by atoms with van der Waals surface area (Å²) in [5.41, 5.74) is 1.90. The number of carboxylic acids is 1. The first kappa shape index (κ1) is 14.4. The molecule has 4 N–H and O–H groups in total. The van der Waals surface area contributed by atoms with E-state index < -0.39 is 5.97 Å². The number of phenols is 1. The summed E-state index contributed by atoms with van der Waals surface area (Å²) in [6.07, 6.45) is 0. The van der Waals surface area contributed by atoms with Crippen molar-refractivity contribution in [2.75, 3.05) is 0 Å². The lowest BCUT2D eigenvalue weighted by molar-refractivity contribution is -0.134. The van der Waals surface area contributed by atoms with Crippen LogP contribution in [-0.4, -0.2) is 26.4 Å². The topological polar surface area (TPSA) is 98.0 Å². The number of aliphatic carboxylic acids is 1. The molecule has 0 radical (unpaired) electrons. The maximum Gasteiger partial charge on any atom is 0.300 e. The van der Waals surface area contributed by atoms with Gasteiger partial charge in [-0.1, -0.05) is 6.07 Å². The molecule has 0 fully saturated rings. The Kier molecular flexibility index (Phi) is 6.14. The monoisotopic (exact) mass is 228 g/mol. The molecule has 0 amide bonds. The van der Waals surface area contributed by atoms with Crippen LogP contribution >= 0.6 is 0 Å². The highest BCUT2D eigenvalue weighted by molar-refractivity contribution is 5.62. The van der Waals surface area contributed by atoms with Crippen molar-refractivity contribution in [2.24, 2.45) is 0 Å². The van der Waals surface area contributed by atoms with Crippen LogP contribution in [0.25, 0.3) is 0 Å². The van der Waals surface area contributed by atoms with Crippen LogP contribution in [0.15, 0.2) is 12.1 Å². The highest BCUT2D eigenvalue weighted by Crippen LogP contribution is 2.24. The van der Waals surface area contributed by atoms with Gasteiger partial charge < -0.3 is 20.4 Å². The van der Waals surface area contributed by atoms with E-state index in [1.807, 2.05) is 6.92 Å². The third-order valence-electron chi connectivity index (χ3n) is 1.96. The molecule has 1 aromatic rings. The van der Waals surface area contributed by atoms with Crippen molar-refractivity contribution < 1.29 is 25.2 Å². The molecule has 0 spiro atoms. The van der Waals surface area contributed by atoms with Crippen LogP contribution in [0.4, 0.5) is 0 Å². The van der Waals surface area contributed by atoms with Crippen LogP contribution in [0.5, 0.6) is 5.75 Å². The molecule has 0 aromatic heterocycles. The smallest absolute Gasteiger partial charge is 0.300 e. The highest BCUT2D eigenvalue weighted by Gasteiger charge is 2.08. The second kappa shape index (κ2) is 6.81. The van der Waals surface area contributed by atoms with E-state index in [2.05, 4.69) is 0 Å². The van der Waals surface area contributed by atoms with Crippen molar-refractivity contribution in [1.82, 2.24) is 0 Å². The molecule has 0 heterocycles. The van der Waals surface area contributed by atoms with Crippen LogP contribution in [0, 0.1) is 6.92 Å². The van der Waals surface area contributed by atoms with Crippen molar-refractivity contribution in [3.63, 3.8) is 0 Å². The Hall–Kier alpha value is -1.59. The Morgan fingerprint density at radius 2 is 1.62 bits per heavy atom. The standard InChI is InChI=1S/C9H12O3.C2H4O2/c1-6-2-3-9(12)8(5-11)7(6)4-10;1-2(3)4/h2-3,10-12H,4-5H2,1H3;1H3,(H,3,4). The minimum absolute atomic E-state index is 0.0344. The Bertz CT molecular complexity index is 327. The molecule has 5 heteroatoms. The second-order valence-corrected chi connectivity index (χ2v) is 3.19. The molecular formula is C11H16O5. The Morgan fingerprint density at radius 3 is 1.94 bits per heavy atom. The number of benzene rings is 1. The zero-order valence-electron chi connectivity index (χ0n) is 9.27. The van der Waals surface area contributed by atoms with Gasteiger partial charge in [-0.25, -0.2) is 0 Å². The van der Waals surface area contributed by atoms with Gasteiger partial charge in [0.25, 0.3) is 5.97 Å². The van der Waals surface area contributed by atoms with E-state index in [0.29, 0.717) is 11.1 Å². The summed E-state index contributed by atoms with van der Waals surface area (Å²) in [7, 11) is 0. The second-order valence-electron chi connectivity index (χ2n) is 3.19. The molecule has 0 saturated carbocycles. The van der Waals surface area contributed by atoms with Crippen molar-refractivity contribution in [2.45, 2.75) is 27.1 Å². The number of carbonyl (C=O) groups is 1. The molecule has 0 aliphatic rings. The van der Waals surface area contributed by atoms with E-state index in [4.69, 9.17) is 20.1 Å². The molecule has 16 heavy (non-hydrogen) atoms. The quantitative estimate of drug-likeness (QED) is 0.599. The average Bonchev–Trinajstić information content (AvgIpc) is 2.20. The molecule has 90 valence electrons. The van der Waals surface area contributed by atoms with Gasteiger partial charge in [-0.15, -0.1) is 0 Å². The summed E-state index contributed by atoms with van der Waals surface area (Å²) >= 11 is 0. The lowest BCUT2D eigenvalue weighted by atomic mass is 10.0. The van der Waals surface area contributed by atoms with E-state index >= 15 is 0 Å². The Labute approximate surface area is 93.6 Å². The Morgan fingerprint density at radius 1 is 1.19 bits per heavy atom. The minimum Gasteiger partial charge on any atom is -0.508 e. The first-order valence-corrected chi connectivity index (χ1v) is 4.65. The maximum absolute atomic E-state index is 9.28. The molecule has 0 bridgehead atoms.